The summed E-state index contributed by atoms with van der Waals surface area (Å²) < 4.78 is 5.10. The Labute approximate surface area is 155 Å². The summed E-state index contributed by atoms with van der Waals surface area (Å²) in [5.74, 6) is -1.15. The highest BCUT2D eigenvalue weighted by Crippen LogP contribution is 2.23. The lowest BCUT2D eigenvalue weighted by molar-refractivity contribution is -0.135. The largest absolute Gasteiger partial charge is 0.447 e. The van der Waals surface area contributed by atoms with Crippen molar-refractivity contribution < 1.29 is 19.4 Å². The van der Waals surface area contributed by atoms with Crippen LogP contribution in [-0.4, -0.2) is 40.8 Å². The van der Waals surface area contributed by atoms with Crippen LogP contribution in [-0.2, 0) is 16.0 Å². The van der Waals surface area contributed by atoms with Gasteiger partial charge in [-0.25, -0.2) is 9.69 Å². The lowest BCUT2D eigenvalue weighted by atomic mass is 9.94. The molecular formula is C21H27NO4. The number of aliphatic hydroxyl groups excluding tert-OH is 1. The SMILES string of the molecule is C/C=C(C)/C=C(\C)[C@@H](O)[C@@H](C)C(=O)N1C(=O)OC[C@@H]1Cc1ccccc1. The first-order valence-electron chi connectivity index (χ1n) is 8.88. The number of hydrogen-bond acceptors (Lipinski definition) is 4. The van der Waals surface area contributed by atoms with Crippen molar-refractivity contribution in [3.63, 3.8) is 0 Å². The van der Waals surface area contributed by atoms with Gasteiger partial charge in [-0.3, -0.25) is 4.79 Å². The van der Waals surface area contributed by atoms with Gasteiger partial charge in [0.1, 0.15) is 6.61 Å². The second-order valence-corrected chi connectivity index (χ2v) is 6.78. The highest BCUT2D eigenvalue weighted by molar-refractivity contribution is 5.95. The van der Waals surface area contributed by atoms with Crippen LogP contribution in [0.25, 0.3) is 0 Å². The van der Waals surface area contributed by atoms with Crippen LogP contribution >= 0.6 is 0 Å². The zero-order valence-electron chi connectivity index (χ0n) is 15.8. The van der Waals surface area contributed by atoms with Gasteiger partial charge in [0, 0.05) is 0 Å². The third-order valence-corrected chi connectivity index (χ3v) is 4.75. The van der Waals surface area contributed by atoms with E-state index in [4.69, 9.17) is 4.74 Å². The van der Waals surface area contributed by atoms with Gasteiger partial charge in [0.05, 0.1) is 18.1 Å². The number of carbonyl (C=O) groups is 2. The van der Waals surface area contributed by atoms with Gasteiger partial charge in [-0.1, -0.05) is 55.0 Å². The van der Waals surface area contributed by atoms with Gasteiger partial charge in [-0.15, -0.1) is 0 Å². The predicted octanol–water partition coefficient (Wildman–Crippen LogP) is 3.49. The van der Waals surface area contributed by atoms with E-state index >= 15 is 0 Å². The molecule has 5 heteroatoms. The molecule has 1 fully saturated rings. The molecule has 0 unspecified atom stereocenters. The van der Waals surface area contributed by atoms with E-state index in [0.717, 1.165) is 16.0 Å². The van der Waals surface area contributed by atoms with Crippen LogP contribution < -0.4 is 0 Å². The molecule has 140 valence electrons. The normalized spacial score (nSPS) is 20.7. The van der Waals surface area contributed by atoms with Crippen molar-refractivity contribution in [2.75, 3.05) is 6.61 Å². The lowest BCUT2D eigenvalue weighted by Gasteiger charge is -2.26. The van der Waals surface area contributed by atoms with E-state index in [9.17, 15) is 14.7 Å². The maximum absolute atomic E-state index is 12.9. The third-order valence-electron chi connectivity index (χ3n) is 4.75. The standard InChI is InChI=1S/C21H27NO4/c1-5-14(2)11-15(3)19(23)16(4)20(24)22-18(13-26-21(22)25)12-17-9-7-6-8-10-17/h5-11,16,18-19,23H,12-13H2,1-4H3/b14-5+,15-11+/t16-,18+,19-/m1/s1. The highest BCUT2D eigenvalue weighted by atomic mass is 16.6. The molecule has 26 heavy (non-hydrogen) atoms. The molecule has 2 amide bonds. The molecule has 0 saturated carbocycles. The fourth-order valence-electron chi connectivity index (χ4n) is 3.04. The van der Waals surface area contributed by atoms with Gasteiger partial charge >= 0.3 is 6.09 Å². The number of amides is 2. The van der Waals surface area contributed by atoms with Gasteiger partial charge in [0.25, 0.3) is 0 Å². The van der Waals surface area contributed by atoms with Crippen molar-refractivity contribution in [1.29, 1.82) is 0 Å². The average molecular weight is 357 g/mol. The number of nitrogens with zero attached hydrogens (tertiary/aromatic N) is 1. The second kappa shape index (κ2) is 8.81. The minimum absolute atomic E-state index is 0.175. The lowest BCUT2D eigenvalue weighted by Crippen LogP contribution is -2.45. The molecule has 1 N–H and O–H groups in total. The number of imide groups is 1. The summed E-state index contributed by atoms with van der Waals surface area (Å²) in [6, 6.07) is 9.32. The number of carbonyl (C=O) groups excluding carboxylic acids is 2. The topological polar surface area (TPSA) is 66.8 Å². The fourth-order valence-corrected chi connectivity index (χ4v) is 3.04. The van der Waals surface area contributed by atoms with Gasteiger partial charge in [0.15, 0.2) is 0 Å². The van der Waals surface area contributed by atoms with Crippen molar-refractivity contribution in [3.8, 4) is 0 Å². The monoisotopic (exact) mass is 357 g/mol. The summed E-state index contributed by atoms with van der Waals surface area (Å²) >= 11 is 0. The Morgan fingerprint density at radius 2 is 2.00 bits per heavy atom. The highest BCUT2D eigenvalue weighted by Gasteiger charge is 2.41. The Bertz CT molecular complexity index is 708. The number of cyclic esters (lactones) is 1. The number of ether oxygens (including phenoxy) is 1. The molecule has 0 bridgehead atoms. The average Bonchev–Trinajstić information content (AvgIpc) is 3.00. The summed E-state index contributed by atoms with van der Waals surface area (Å²) in [4.78, 5) is 26.2. The van der Waals surface area contributed by atoms with Crippen molar-refractivity contribution in [3.05, 3.63) is 59.2 Å². The molecule has 1 saturated heterocycles. The summed E-state index contributed by atoms with van der Waals surface area (Å²) in [6.45, 7) is 7.44. The van der Waals surface area contributed by atoms with E-state index in [0.29, 0.717) is 12.0 Å². The molecule has 0 aliphatic carbocycles. The Morgan fingerprint density at radius 1 is 1.35 bits per heavy atom. The predicted molar refractivity (Wildman–Crippen MR) is 100 cm³/mol. The van der Waals surface area contributed by atoms with Crippen molar-refractivity contribution >= 4 is 12.0 Å². The minimum Gasteiger partial charge on any atom is -0.447 e. The van der Waals surface area contributed by atoms with E-state index in [-0.39, 0.29) is 12.6 Å². The van der Waals surface area contributed by atoms with E-state index < -0.39 is 24.0 Å². The molecule has 0 radical (unpaired) electrons. The van der Waals surface area contributed by atoms with Crippen LogP contribution in [0.5, 0.6) is 0 Å². The number of hydrogen-bond donors (Lipinski definition) is 1. The molecular weight excluding hydrogens is 330 g/mol. The van der Waals surface area contributed by atoms with Crippen molar-refractivity contribution in [1.82, 2.24) is 4.90 Å². The molecule has 1 aliphatic rings. The van der Waals surface area contributed by atoms with Crippen molar-refractivity contribution in [2.24, 2.45) is 5.92 Å². The first kappa shape index (κ1) is 19.9. The third kappa shape index (κ3) is 4.61. The summed E-state index contributed by atoms with van der Waals surface area (Å²) in [6.07, 6.45) is 2.71. The van der Waals surface area contributed by atoms with E-state index in [1.54, 1.807) is 13.8 Å². The maximum Gasteiger partial charge on any atom is 0.416 e. The Morgan fingerprint density at radius 3 is 2.62 bits per heavy atom. The minimum atomic E-state index is -0.955. The first-order valence-corrected chi connectivity index (χ1v) is 8.88. The number of aliphatic hydroxyl groups is 1. The Balaban J connectivity index is 2.14. The molecule has 1 aliphatic heterocycles. The maximum atomic E-state index is 12.9. The fraction of sp³-hybridized carbons (Fsp3) is 0.429. The zero-order chi connectivity index (χ0) is 19.3. The number of benzene rings is 1. The Hall–Kier alpha value is -2.40. The smallest absolute Gasteiger partial charge is 0.416 e. The molecule has 5 nitrogen and oxygen atoms in total. The molecule has 1 aromatic rings. The van der Waals surface area contributed by atoms with Crippen LogP contribution in [0.15, 0.2) is 53.6 Å². The van der Waals surface area contributed by atoms with Crippen LogP contribution in [0.1, 0.15) is 33.3 Å². The van der Waals surface area contributed by atoms with Crippen LogP contribution in [0.4, 0.5) is 4.79 Å². The number of rotatable bonds is 6. The van der Waals surface area contributed by atoms with Gasteiger partial charge in [-0.2, -0.15) is 0 Å². The quantitative estimate of drug-likeness (QED) is 0.792. The second-order valence-electron chi connectivity index (χ2n) is 6.78. The summed E-state index contributed by atoms with van der Waals surface area (Å²) in [5.41, 5.74) is 2.72. The summed E-state index contributed by atoms with van der Waals surface area (Å²) in [7, 11) is 0. The van der Waals surface area contributed by atoms with Gasteiger partial charge in [0.2, 0.25) is 5.91 Å². The van der Waals surface area contributed by atoms with E-state index in [1.165, 1.54) is 0 Å². The molecule has 1 heterocycles. The van der Waals surface area contributed by atoms with E-state index in [2.05, 4.69) is 0 Å². The van der Waals surface area contributed by atoms with Crippen molar-refractivity contribution in [2.45, 2.75) is 46.3 Å². The first-order chi connectivity index (χ1) is 12.3. The van der Waals surface area contributed by atoms with Gasteiger partial charge < -0.3 is 9.84 Å². The molecule has 0 aromatic heterocycles. The van der Waals surface area contributed by atoms with E-state index in [1.807, 2.05) is 56.3 Å². The number of allylic oxidation sites excluding steroid dienone is 3. The molecule has 2 rings (SSSR count). The molecule has 0 spiro atoms. The van der Waals surface area contributed by atoms with Crippen LogP contribution in [0.2, 0.25) is 0 Å². The van der Waals surface area contributed by atoms with Gasteiger partial charge in [-0.05, 0) is 38.3 Å². The molecule has 3 atom stereocenters. The Kier molecular flexibility index (Phi) is 6.75. The molecule has 1 aromatic carbocycles. The van der Waals surface area contributed by atoms with Crippen LogP contribution in [0.3, 0.4) is 0 Å². The summed E-state index contributed by atoms with van der Waals surface area (Å²) in [5, 5.41) is 10.5. The van der Waals surface area contributed by atoms with Crippen LogP contribution in [0, 0.1) is 5.92 Å². The zero-order valence-corrected chi connectivity index (χ0v) is 15.8.